The van der Waals surface area contributed by atoms with Crippen LogP contribution in [0.1, 0.15) is 104 Å². The van der Waals surface area contributed by atoms with E-state index in [1.807, 2.05) is 13.8 Å². The molecule has 10 nitrogen and oxygen atoms in total. The summed E-state index contributed by atoms with van der Waals surface area (Å²) in [6, 6.07) is 1.10. The third kappa shape index (κ3) is 10.8. The molecule has 2 atom stereocenters. The van der Waals surface area contributed by atoms with Crippen molar-refractivity contribution in [2.45, 2.75) is 126 Å². The van der Waals surface area contributed by atoms with Gasteiger partial charge in [-0.1, -0.05) is 58.9 Å². The highest BCUT2D eigenvalue weighted by Gasteiger charge is 2.40. The summed E-state index contributed by atoms with van der Waals surface area (Å²) >= 11 is 1.10. The van der Waals surface area contributed by atoms with Crippen LogP contribution in [0.5, 0.6) is 0 Å². The van der Waals surface area contributed by atoms with Crippen molar-refractivity contribution in [2.24, 2.45) is 17.8 Å². The summed E-state index contributed by atoms with van der Waals surface area (Å²) in [5, 5.41) is 14.1. The number of carboxylic acid groups (broad SMARTS) is 1. The Kier molecular flexibility index (Phi) is 13.9. The van der Waals surface area contributed by atoms with Crippen LogP contribution in [0.25, 0.3) is 0 Å². The molecule has 0 unspecified atom stereocenters. The van der Waals surface area contributed by atoms with Crippen LogP contribution >= 0.6 is 11.3 Å². The lowest BCUT2D eigenvalue weighted by atomic mass is 9.85. The number of sulfonamides is 2. The van der Waals surface area contributed by atoms with Gasteiger partial charge in [-0.2, -0.15) is 9.03 Å². The summed E-state index contributed by atoms with van der Waals surface area (Å²) in [6.07, 6.45) is 9.39. The molecule has 0 radical (unpaired) electrons. The quantitative estimate of drug-likeness (QED) is 0.200. The lowest BCUT2D eigenvalue weighted by Gasteiger charge is -2.35. The summed E-state index contributed by atoms with van der Waals surface area (Å²) < 4.78 is 57.1. The number of nitrogens with one attached hydrogen (secondary N) is 2. The van der Waals surface area contributed by atoms with Crippen molar-refractivity contribution in [2.75, 3.05) is 13.1 Å². The smallest absolute Gasteiger partial charge is 0.322 e. The molecule has 0 bridgehead atoms. The number of hydrogen-bond donors (Lipinski definition) is 3. The average Bonchev–Trinajstić information content (AvgIpc) is 3.50. The molecule has 0 aromatic carbocycles. The van der Waals surface area contributed by atoms with Gasteiger partial charge in [-0.05, 0) is 80.6 Å². The van der Waals surface area contributed by atoms with Crippen molar-refractivity contribution in [1.29, 1.82) is 0 Å². The molecule has 246 valence electrons. The normalized spacial score (nSPS) is 22.0. The lowest BCUT2D eigenvalue weighted by Crippen LogP contribution is -2.50. The number of carbonyl (C=O) groups is 2. The Labute approximate surface area is 262 Å². The minimum atomic E-state index is -3.83. The van der Waals surface area contributed by atoms with Crippen LogP contribution in [-0.2, 0) is 29.6 Å². The van der Waals surface area contributed by atoms with Gasteiger partial charge in [-0.3, -0.25) is 9.59 Å². The highest BCUT2D eigenvalue weighted by atomic mass is 32.2. The molecule has 2 fully saturated rings. The lowest BCUT2D eigenvalue weighted by molar-refractivity contribution is -0.142. The van der Waals surface area contributed by atoms with E-state index in [9.17, 15) is 31.5 Å². The molecule has 2 aliphatic carbocycles. The first-order chi connectivity index (χ1) is 20.3. The van der Waals surface area contributed by atoms with Crippen LogP contribution in [0, 0.1) is 17.8 Å². The average molecular weight is 662 g/mol. The molecule has 0 spiro atoms. The number of hydrogen-bond acceptors (Lipinski definition) is 7. The van der Waals surface area contributed by atoms with Crippen molar-refractivity contribution >= 4 is 43.3 Å². The van der Waals surface area contributed by atoms with Crippen LogP contribution in [0.2, 0.25) is 0 Å². The van der Waals surface area contributed by atoms with Gasteiger partial charge >= 0.3 is 5.97 Å². The molecule has 3 rings (SSSR count). The SMILES string of the molecule is CC(C)CN([C@@H](CCCCNC(=O)[C@H](CC1CCCCC1)NS(=O)(=O)c1cccs1)C(=O)O)S(=O)(=O)C1CCC(C)CC1. The van der Waals surface area contributed by atoms with Crippen LogP contribution in [-0.4, -0.2) is 68.5 Å². The predicted octanol–water partition coefficient (Wildman–Crippen LogP) is 4.97. The number of nitrogens with zero attached hydrogens (tertiary/aromatic N) is 1. The van der Waals surface area contributed by atoms with Crippen molar-refractivity contribution in [1.82, 2.24) is 14.3 Å². The molecular formula is C30H51N3O7S3. The second-order valence-corrected chi connectivity index (χ2v) is 17.9. The standard InChI is InChI=1S/C30H51N3O7S3/c1-22(2)21-33(43(39,40)25-16-14-23(3)15-17-25)27(30(35)36)12-7-8-18-31-29(34)26(20-24-10-5-4-6-11-24)32-42(37,38)28-13-9-19-41-28/h9,13,19,22-27,32H,4-8,10-12,14-18,20-21H2,1-3H3,(H,31,34)(H,35,36)/t23?,25?,26-,27-/m0/s1. The van der Waals surface area contributed by atoms with Gasteiger partial charge < -0.3 is 10.4 Å². The van der Waals surface area contributed by atoms with Gasteiger partial charge in [0.25, 0.3) is 10.0 Å². The maximum Gasteiger partial charge on any atom is 0.322 e. The Bertz CT molecular complexity index is 1220. The van der Waals surface area contributed by atoms with Gasteiger partial charge in [0.05, 0.1) is 5.25 Å². The Hall–Kier alpha value is -1.54. The molecular weight excluding hydrogens is 611 g/mol. The Morgan fingerprint density at radius 3 is 2.28 bits per heavy atom. The minimum absolute atomic E-state index is 0.0301. The van der Waals surface area contributed by atoms with Crippen molar-refractivity contribution < 1.29 is 31.5 Å². The predicted molar refractivity (Wildman–Crippen MR) is 170 cm³/mol. The van der Waals surface area contributed by atoms with E-state index in [1.54, 1.807) is 11.4 Å². The summed E-state index contributed by atoms with van der Waals surface area (Å²) in [7, 11) is -7.62. The molecule has 1 heterocycles. The second-order valence-electron chi connectivity index (χ2n) is 12.9. The van der Waals surface area contributed by atoms with Gasteiger partial charge in [0.2, 0.25) is 15.9 Å². The van der Waals surface area contributed by atoms with Crippen LogP contribution in [0.15, 0.2) is 21.7 Å². The number of unbranched alkanes of at least 4 members (excludes halogenated alkanes) is 1. The van der Waals surface area contributed by atoms with E-state index >= 15 is 0 Å². The monoisotopic (exact) mass is 661 g/mol. The summed E-state index contributed by atoms with van der Waals surface area (Å²) in [5.41, 5.74) is 0. The van der Waals surface area contributed by atoms with Crippen molar-refractivity contribution in [3.63, 3.8) is 0 Å². The van der Waals surface area contributed by atoms with Gasteiger partial charge in [-0.25, -0.2) is 16.8 Å². The van der Waals surface area contributed by atoms with E-state index in [0.717, 1.165) is 56.3 Å². The molecule has 1 amide bonds. The number of thiophene rings is 1. The zero-order chi connectivity index (χ0) is 31.6. The molecule has 13 heteroatoms. The van der Waals surface area contributed by atoms with Gasteiger partial charge in [0, 0.05) is 13.1 Å². The summed E-state index contributed by atoms with van der Waals surface area (Å²) in [4.78, 5) is 25.6. The van der Waals surface area contributed by atoms with Crippen LogP contribution < -0.4 is 10.0 Å². The fourth-order valence-corrected chi connectivity index (χ4v) is 10.8. The fraction of sp³-hybridized carbons (Fsp3) is 0.800. The zero-order valence-corrected chi connectivity index (χ0v) is 28.3. The van der Waals surface area contributed by atoms with Crippen molar-refractivity contribution in [3.05, 3.63) is 17.5 Å². The summed E-state index contributed by atoms with van der Waals surface area (Å²) in [6.45, 7) is 6.27. The Morgan fingerprint density at radius 2 is 1.70 bits per heavy atom. The molecule has 2 saturated carbocycles. The first kappa shape index (κ1) is 35.9. The van der Waals surface area contributed by atoms with Crippen LogP contribution in [0.4, 0.5) is 0 Å². The van der Waals surface area contributed by atoms with E-state index in [4.69, 9.17) is 0 Å². The first-order valence-electron chi connectivity index (χ1n) is 15.9. The van der Waals surface area contributed by atoms with Gasteiger partial charge in [0.15, 0.2) is 0 Å². The van der Waals surface area contributed by atoms with E-state index < -0.39 is 49.3 Å². The molecule has 0 aliphatic heterocycles. The topological polar surface area (TPSA) is 150 Å². The van der Waals surface area contributed by atoms with Crippen LogP contribution in [0.3, 0.4) is 0 Å². The molecule has 1 aromatic heterocycles. The first-order valence-corrected chi connectivity index (χ1v) is 19.7. The largest absolute Gasteiger partial charge is 0.480 e. The van der Waals surface area contributed by atoms with E-state index in [-0.39, 0.29) is 35.6 Å². The maximum atomic E-state index is 13.6. The molecule has 3 N–H and O–H groups in total. The second kappa shape index (κ2) is 16.7. The zero-order valence-electron chi connectivity index (χ0n) is 25.9. The van der Waals surface area contributed by atoms with Gasteiger partial charge in [0.1, 0.15) is 16.3 Å². The number of aliphatic carboxylic acids is 1. The Morgan fingerprint density at radius 1 is 1.02 bits per heavy atom. The number of amides is 1. The van der Waals surface area contributed by atoms with Crippen molar-refractivity contribution in [3.8, 4) is 0 Å². The number of carbonyl (C=O) groups excluding carboxylic acids is 1. The molecule has 1 aromatic rings. The van der Waals surface area contributed by atoms with Gasteiger partial charge in [-0.15, -0.1) is 11.3 Å². The van der Waals surface area contributed by atoms with E-state index in [0.29, 0.717) is 38.0 Å². The maximum absolute atomic E-state index is 13.6. The van der Waals surface area contributed by atoms with E-state index in [1.165, 1.54) is 10.4 Å². The number of carboxylic acids is 1. The Balaban J connectivity index is 1.60. The third-order valence-corrected chi connectivity index (χ3v) is 14.0. The fourth-order valence-electron chi connectivity index (χ4n) is 6.30. The molecule has 43 heavy (non-hydrogen) atoms. The number of rotatable bonds is 17. The molecule has 0 saturated heterocycles. The van der Waals surface area contributed by atoms with E-state index in [2.05, 4.69) is 17.0 Å². The highest BCUT2D eigenvalue weighted by molar-refractivity contribution is 7.91. The summed E-state index contributed by atoms with van der Waals surface area (Å²) in [5.74, 6) is -0.835. The molecule has 2 aliphatic rings. The third-order valence-electron chi connectivity index (χ3n) is 8.76. The minimum Gasteiger partial charge on any atom is -0.480 e. The highest BCUT2D eigenvalue weighted by Crippen LogP contribution is 2.32.